The molecule has 4 heteroatoms. The van der Waals surface area contributed by atoms with Gasteiger partial charge in [-0.15, -0.1) is 0 Å². The van der Waals surface area contributed by atoms with E-state index in [1.54, 1.807) is 7.11 Å². The van der Waals surface area contributed by atoms with Gasteiger partial charge < -0.3 is 15.4 Å². The second kappa shape index (κ2) is 5.87. The minimum atomic E-state index is -0.00679. The zero-order valence-electron chi connectivity index (χ0n) is 10.9. The molecule has 1 aliphatic rings. The van der Waals surface area contributed by atoms with Crippen molar-refractivity contribution in [3.05, 3.63) is 24.3 Å². The largest absolute Gasteiger partial charge is 0.497 e. The Kier molecular flexibility index (Phi) is 4.20. The quantitative estimate of drug-likeness (QED) is 0.809. The minimum absolute atomic E-state index is 0.00679. The number of benzene rings is 1. The number of methoxy groups -OCH3 is 1. The van der Waals surface area contributed by atoms with Gasteiger partial charge in [0.2, 0.25) is 5.91 Å². The molecule has 1 atom stereocenters. The minimum Gasteiger partial charge on any atom is -0.497 e. The number of amides is 1. The monoisotopic (exact) mass is 248 g/mol. The molecule has 1 aliphatic carbocycles. The van der Waals surface area contributed by atoms with Crippen LogP contribution in [0.4, 0.5) is 5.69 Å². The summed E-state index contributed by atoms with van der Waals surface area (Å²) in [6.07, 6.45) is 2.57. The van der Waals surface area contributed by atoms with Gasteiger partial charge in [-0.2, -0.15) is 0 Å². The Morgan fingerprint density at radius 3 is 2.61 bits per heavy atom. The van der Waals surface area contributed by atoms with Gasteiger partial charge in [-0.1, -0.05) is 0 Å². The number of rotatable bonds is 6. The Hall–Kier alpha value is -1.55. The Labute approximate surface area is 108 Å². The highest BCUT2D eigenvalue weighted by Crippen LogP contribution is 2.32. The number of ether oxygens (including phenoxy) is 1. The lowest BCUT2D eigenvalue weighted by atomic mass is 10.2. The summed E-state index contributed by atoms with van der Waals surface area (Å²) in [5.41, 5.74) is 0.793. The molecule has 0 radical (unpaired) electrons. The number of nitrogens with one attached hydrogen (secondary N) is 2. The van der Waals surface area contributed by atoms with E-state index >= 15 is 0 Å². The van der Waals surface area contributed by atoms with Gasteiger partial charge in [0, 0.05) is 11.7 Å². The van der Waals surface area contributed by atoms with Gasteiger partial charge in [-0.3, -0.25) is 4.79 Å². The second-order valence-electron chi connectivity index (χ2n) is 4.78. The van der Waals surface area contributed by atoms with Gasteiger partial charge in [0.1, 0.15) is 5.75 Å². The Morgan fingerprint density at radius 1 is 1.39 bits per heavy atom. The Morgan fingerprint density at radius 2 is 2.06 bits per heavy atom. The van der Waals surface area contributed by atoms with Gasteiger partial charge in [-0.25, -0.2) is 0 Å². The maximum Gasteiger partial charge on any atom is 0.238 e. The fourth-order valence-corrected chi connectivity index (χ4v) is 1.90. The molecule has 2 rings (SSSR count). The number of hydrogen-bond donors (Lipinski definition) is 2. The molecule has 1 aromatic carbocycles. The predicted octanol–water partition coefficient (Wildman–Crippen LogP) is 2.02. The summed E-state index contributed by atoms with van der Waals surface area (Å²) in [4.78, 5) is 11.7. The van der Waals surface area contributed by atoms with Crippen molar-refractivity contribution in [2.24, 2.45) is 5.92 Å². The first kappa shape index (κ1) is 12.9. The molecule has 0 heterocycles. The Bertz CT molecular complexity index is 399. The summed E-state index contributed by atoms with van der Waals surface area (Å²) < 4.78 is 5.06. The van der Waals surface area contributed by atoms with Crippen LogP contribution in [-0.2, 0) is 4.79 Å². The van der Waals surface area contributed by atoms with E-state index in [2.05, 4.69) is 17.6 Å². The van der Waals surface area contributed by atoms with Crippen LogP contribution in [0.2, 0.25) is 0 Å². The third kappa shape index (κ3) is 3.74. The van der Waals surface area contributed by atoms with E-state index in [0.717, 1.165) is 17.4 Å². The topological polar surface area (TPSA) is 50.4 Å². The Balaban J connectivity index is 1.75. The lowest BCUT2D eigenvalue weighted by molar-refractivity contribution is -0.115. The molecule has 0 spiro atoms. The standard InChI is InChI=1S/C14H20N2O2/c1-10(11-3-4-11)15-9-14(17)16-12-5-7-13(18-2)8-6-12/h5-8,10-11,15H,3-4,9H2,1-2H3,(H,16,17). The van der Waals surface area contributed by atoms with Crippen LogP contribution in [0.1, 0.15) is 19.8 Å². The van der Waals surface area contributed by atoms with Crippen LogP contribution in [-0.4, -0.2) is 25.6 Å². The number of anilines is 1. The van der Waals surface area contributed by atoms with Gasteiger partial charge in [-0.05, 0) is 49.9 Å². The van der Waals surface area contributed by atoms with Crippen molar-refractivity contribution in [3.63, 3.8) is 0 Å². The average Bonchev–Trinajstić information content (AvgIpc) is 3.21. The van der Waals surface area contributed by atoms with E-state index in [1.807, 2.05) is 24.3 Å². The first-order valence-electron chi connectivity index (χ1n) is 6.36. The molecule has 1 amide bonds. The molecule has 98 valence electrons. The van der Waals surface area contributed by atoms with Crippen molar-refractivity contribution in [2.75, 3.05) is 19.0 Å². The van der Waals surface area contributed by atoms with E-state index in [0.29, 0.717) is 12.6 Å². The van der Waals surface area contributed by atoms with Crippen molar-refractivity contribution >= 4 is 11.6 Å². The molecular weight excluding hydrogens is 228 g/mol. The predicted molar refractivity (Wildman–Crippen MR) is 71.8 cm³/mol. The summed E-state index contributed by atoms with van der Waals surface area (Å²) in [5, 5.41) is 6.10. The molecule has 0 aliphatic heterocycles. The molecule has 1 unspecified atom stereocenters. The summed E-state index contributed by atoms with van der Waals surface area (Å²) >= 11 is 0. The molecule has 1 fully saturated rings. The maximum absolute atomic E-state index is 11.7. The fourth-order valence-electron chi connectivity index (χ4n) is 1.90. The van der Waals surface area contributed by atoms with Crippen molar-refractivity contribution in [2.45, 2.75) is 25.8 Å². The first-order chi connectivity index (χ1) is 8.69. The van der Waals surface area contributed by atoms with Crippen molar-refractivity contribution in [3.8, 4) is 5.75 Å². The SMILES string of the molecule is COc1ccc(NC(=O)CNC(C)C2CC2)cc1. The number of carbonyl (C=O) groups excluding carboxylic acids is 1. The van der Waals surface area contributed by atoms with Crippen molar-refractivity contribution in [1.29, 1.82) is 0 Å². The van der Waals surface area contributed by atoms with E-state index in [4.69, 9.17) is 4.74 Å². The van der Waals surface area contributed by atoms with E-state index in [-0.39, 0.29) is 5.91 Å². The summed E-state index contributed by atoms with van der Waals surface area (Å²) in [6.45, 7) is 2.50. The average molecular weight is 248 g/mol. The summed E-state index contributed by atoms with van der Waals surface area (Å²) in [7, 11) is 1.62. The third-order valence-corrected chi connectivity index (χ3v) is 3.29. The molecule has 0 saturated heterocycles. The first-order valence-corrected chi connectivity index (χ1v) is 6.36. The lowest BCUT2D eigenvalue weighted by Crippen LogP contribution is -2.35. The third-order valence-electron chi connectivity index (χ3n) is 3.29. The highest BCUT2D eigenvalue weighted by Gasteiger charge is 2.27. The molecule has 4 nitrogen and oxygen atoms in total. The van der Waals surface area contributed by atoms with Crippen molar-refractivity contribution in [1.82, 2.24) is 5.32 Å². The highest BCUT2D eigenvalue weighted by molar-refractivity contribution is 5.92. The van der Waals surface area contributed by atoms with E-state index < -0.39 is 0 Å². The van der Waals surface area contributed by atoms with E-state index in [1.165, 1.54) is 12.8 Å². The summed E-state index contributed by atoms with van der Waals surface area (Å²) in [6, 6.07) is 7.76. The second-order valence-corrected chi connectivity index (χ2v) is 4.78. The van der Waals surface area contributed by atoms with Crippen LogP contribution in [0.3, 0.4) is 0 Å². The molecule has 1 aromatic rings. The molecular formula is C14H20N2O2. The zero-order valence-corrected chi connectivity index (χ0v) is 10.9. The molecule has 2 N–H and O–H groups in total. The molecule has 0 aromatic heterocycles. The van der Waals surface area contributed by atoms with Crippen LogP contribution >= 0.6 is 0 Å². The van der Waals surface area contributed by atoms with Gasteiger partial charge >= 0.3 is 0 Å². The van der Waals surface area contributed by atoms with Crippen LogP contribution < -0.4 is 15.4 Å². The van der Waals surface area contributed by atoms with Gasteiger partial charge in [0.25, 0.3) is 0 Å². The lowest BCUT2D eigenvalue weighted by Gasteiger charge is -2.12. The number of carbonyl (C=O) groups is 1. The smallest absolute Gasteiger partial charge is 0.238 e. The van der Waals surface area contributed by atoms with Crippen LogP contribution in [0.15, 0.2) is 24.3 Å². The van der Waals surface area contributed by atoms with Gasteiger partial charge in [0.15, 0.2) is 0 Å². The summed E-state index contributed by atoms with van der Waals surface area (Å²) in [5.74, 6) is 1.54. The number of hydrogen-bond acceptors (Lipinski definition) is 3. The zero-order chi connectivity index (χ0) is 13.0. The van der Waals surface area contributed by atoms with Crippen LogP contribution in [0.25, 0.3) is 0 Å². The normalized spacial score (nSPS) is 16.1. The molecule has 1 saturated carbocycles. The highest BCUT2D eigenvalue weighted by atomic mass is 16.5. The van der Waals surface area contributed by atoms with Crippen LogP contribution in [0.5, 0.6) is 5.75 Å². The van der Waals surface area contributed by atoms with Gasteiger partial charge in [0.05, 0.1) is 13.7 Å². The molecule has 0 bridgehead atoms. The maximum atomic E-state index is 11.7. The van der Waals surface area contributed by atoms with Crippen LogP contribution in [0, 0.1) is 5.92 Å². The fraction of sp³-hybridized carbons (Fsp3) is 0.500. The van der Waals surface area contributed by atoms with Crippen molar-refractivity contribution < 1.29 is 9.53 Å². The molecule has 18 heavy (non-hydrogen) atoms. The van der Waals surface area contributed by atoms with E-state index in [9.17, 15) is 4.79 Å².